The molecule has 8 rings (SSSR count). The smallest absolute Gasteiger partial charge is 0.264 e. The summed E-state index contributed by atoms with van der Waals surface area (Å²) in [5, 5.41) is 11.3. The monoisotopic (exact) mass is 839 g/mol. The van der Waals surface area contributed by atoms with Crippen molar-refractivity contribution in [1.82, 2.24) is 34.9 Å². The lowest BCUT2D eigenvalue weighted by Gasteiger charge is -2.33. The van der Waals surface area contributed by atoms with Gasteiger partial charge in [-0.2, -0.15) is 5.10 Å². The number of piperidine rings is 2. The van der Waals surface area contributed by atoms with E-state index in [1.54, 1.807) is 18.2 Å². The summed E-state index contributed by atoms with van der Waals surface area (Å²) < 4.78 is 7.93. The van der Waals surface area contributed by atoms with Crippen molar-refractivity contribution < 1.29 is 28.7 Å². The molecule has 2 saturated heterocycles. The van der Waals surface area contributed by atoms with Crippen molar-refractivity contribution >= 4 is 52.1 Å². The third kappa shape index (κ3) is 9.31. The van der Waals surface area contributed by atoms with Gasteiger partial charge < -0.3 is 20.7 Å². The average molecular weight is 840 g/mol. The Morgan fingerprint density at radius 2 is 1.53 bits per heavy atom. The van der Waals surface area contributed by atoms with E-state index < -0.39 is 29.7 Å². The fourth-order valence-corrected chi connectivity index (χ4v) is 8.82. The summed E-state index contributed by atoms with van der Waals surface area (Å²) in [6.45, 7) is 1.98. The molecule has 0 bridgehead atoms. The number of carbonyl (C=O) groups is 5. The van der Waals surface area contributed by atoms with Crippen LogP contribution in [0.25, 0.3) is 22.3 Å². The molecule has 5 heterocycles. The number of amides is 5. The lowest BCUT2D eigenvalue weighted by atomic mass is 10.0. The van der Waals surface area contributed by atoms with Crippen LogP contribution in [-0.2, 0) is 14.4 Å². The maximum atomic E-state index is 13.4. The number of aromatic nitrogens is 4. The van der Waals surface area contributed by atoms with Crippen molar-refractivity contribution in [2.45, 2.75) is 102 Å². The van der Waals surface area contributed by atoms with E-state index in [0.29, 0.717) is 53.5 Å². The summed E-state index contributed by atoms with van der Waals surface area (Å²) >= 11 is 0. The number of benzene rings is 3. The lowest BCUT2D eigenvalue weighted by Crippen LogP contribution is -2.54. The van der Waals surface area contributed by atoms with Crippen molar-refractivity contribution in [2.75, 3.05) is 30.7 Å². The second-order valence-electron chi connectivity index (χ2n) is 16.4. The van der Waals surface area contributed by atoms with Crippen LogP contribution in [0, 0.1) is 0 Å². The van der Waals surface area contributed by atoms with Gasteiger partial charge in [-0.05, 0) is 80.6 Å². The number of fused-ring (bicyclic) bond motifs is 2. The van der Waals surface area contributed by atoms with Crippen LogP contribution in [-0.4, -0.2) is 84.8 Å². The second-order valence-corrected chi connectivity index (χ2v) is 16.4. The summed E-state index contributed by atoms with van der Waals surface area (Å²) in [7, 11) is 0. The molecule has 2 unspecified atom stereocenters. The Morgan fingerprint density at radius 3 is 2.29 bits per heavy atom. The van der Waals surface area contributed by atoms with Gasteiger partial charge in [0, 0.05) is 43.7 Å². The minimum atomic E-state index is -0.982. The molecule has 5 amide bonds. The molecule has 0 aliphatic carbocycles. The second kappa shape index (κ2) is 19.4. The number of carbonyl (C=O) groups excluding carboxylic acids is 5. The number of rotatable bonds is 18. The van der Waals surface area contributed by atoms with Crippen LogP contribution in [0.4, 0.5) is 11.5 Å². The topological polar surface area (TPSA) is 195 Å². The number of anilines is 2. The molecule has 2 fully saturated rings. The normalized spacial score (nSPS) is 17.7. The molecule has 2 aromatic heterocycles. The van der Waals surface area contributed by atoms with E-state index in [0.717, 1.165) is 93.4 Å². The molecule has 2 atom stereocenters. The number of nitrogens with one attached hydrogen (secondary N) is 2. The highest BCUT2D eigenvalue weighted by Crippen LogP contribution is 2.36. The third-order valence-electron chi connectivity index (χ3n) is 12.1. The van der Waals surface area contributed by atoms with E-state index in [4.69, 9.17) is 15.6 Å². The largest absolute Gasteiger partial charge is 0.457 e. The van der Waals surface area contributed by atoms with Crippen LogP contribution in [0.15, 0.2) is 79.1 Å². The molecule has 15 nitrogen and oxygen atoms in total. The van der Waals surface area contributed by atoms with E-state index in [9.17, 15) is 24.0 Å². The number of nitrogens with zero attached hydrogens (tertiary/aromatic N) is 6. The third-order valence-corrected chi connectivity index (χ3v) is 12.1. The molecule has 62 heavy (non-hydrogen) atoms. The first-order valence-electron chi connectivity index (χ1n) is 21.9. The highest BCUT2D eigenvalue weighted by Gasteiger charge is 2.45. The number of ether oxygens (including phenoxy) is 1. The maximum absolute atomic E-state index is 13.4. The standard InChI is InChI=1S/C47H53N9O6/c48-43-41-42(31-21-23-34(24-22-31)62-33-16-9-8-10-17-33)53-56(44(41)51-30-50-43)32-15-14-28-54(29-32)39(58)20-11-6-4-2-1-3-5-7-12-27-49-36-19-13-18-35-40(36)47(61)55(46(35)60)37-25-26-38(57)52-45(37)59/h8-10,13,16-19,21-24,30,32,37,49H,1-7,11-12,14-15,20,25-29H2,(H2,48,50,51)(H,52,57,59). The quantitative estimate of drug-likeness (QED) is 0.0586. The summed E-state index contributed by atoms with van der Waals surface area (Å²) in [6.07, 6.45) is 13.5. The summed E-state index contributed by atoms with van der Waals surface area (Å²) in [5.41, 5.74) is 9.82. The van der Waals surface area contributed by atoms with E-state index >= 15 is 0 Å². The van der Waals surface area contributed by atoms with Crippen molar-refractivity contribution in [2.24, 2.45) is 0 Å². The van der Waals surface area contributed by atoms with Gasteiger partial charge in [0.25, 0.3) is 11.8 Å². The SMILES string of the molecule is Nc1ncnc2c1c(-c1ccc(Oc3ccccc3)cc1)nn2C1CCCN(C(=O)CCCCCCCCCCCNc2cccc3c2C(=O)N(C2CCC(=O)NC2=O)C3=O)C1. The molecule has 322 valence electrons. The van der Waals surface area contributed by atoms with Gasteiger partial charge in [-0.25, -0.2) is 14.6 Å². The number of hydrogen-bond donors (Lipinski definition) is 3. The molecule has 3 aromatic carbocycles. The van der Waals surface area contributed by atoms with E-state index in [1.807, 2.05) is 64.2 Å². The number of para-hydroxylation sites is 1. The molecule has 0 saturated carbocycles. The number of nitrogen functional groups attached to an aromatic ring is 1. The zero-order valence-electron chi connectivity index (χ0n) is 34.9. The Balaban J connectivity index is 0.730. The average Bonchev–Trinajstić information content (AvgIpc) is 3.80. The van der Waals surface area contributed by atoms with Crippen LogP contribution in [0.3, 0.4) is 0 Å². The van der Waals surface area contributed by atoms with Gasteiger partial charge >= 0.3 is 0 Å². The Hall–Kier alpha value is -6.64. The minimum absolute atomic E-state index is 0.0264. The molecule has 0 radical (unpaired) electrons. The van der Waals surface area contributed by atoms with E-state index in [-0.39, 0.29) is 35.9 Å². The molecule has 5 aromatic rings. The lowest BCUT2D eigenvalue weighted by molar-refractivity contribution is -0.136. The molecule has 3 aliphatic rings. The molecule has 3 aliphatic heterocycles. The fourth-order valence-electron chi connectivity index (χ4n) is 8.82. The first-order chi connectivity index (χ1) is 30.3. The van der Waals surface area contributed by atoms with Crippen LogP contribution in [0.2, 0.25) is 0 Å². The van der Waals surface area contributed by atoms with E-state index in [1.165, 1.54) is 6.33 Å². The van der Waals surface area contributed by atoms with Crippen LogP contribution >= 0.6 is 0 Å². The van der Waals surface area contributed by atoms with Crippen LogP contribution in [0.5, 0.6) is 11.5 Å². The van der Waals surface area contributed by atoms with Gasteiger partial charge in [-0.3, -0.25) is 34.2 Å². The minimum Gasteiger partial charge on any atom is -0.457 e. The predicted molar refractivity (Wildman–Crippen MR) is 234 cm³/mol. The fraction of sp³-hybridized carbons (Fsp3) is 0.404. The summed E-state index contributed by atoms with van der Waals surface area (Å²) in [5.74, 6) is 0.0119. The van der Waals surface area contributed by atoms with E-state index in [2.05, 4.69) is 20.6 Å². The Labute approximate surface area is 360 Å². The number of imide groups is 2. The zero-order valence-corrected chi connectivity index (χ0v) is 34.9. The molecular weight excluding hydrogens is 787 g/mol. The first-order valence-corrected chi connectivity index (χ1v) is 21.9. The summed E-state index contributed by atoms with van der Waals surface area (Å²) in [6, 6.07) is 21.5. The van der Waals surface area contributed by atoms with Gasteiger partial charge in [0.15, 0.2) is 5.65 Å². The van der Waals surface area contributed by atoms with Gasteiger partial charge in [-0.1, -0.05) is 69.2 Å². The summed E-state index contributed by atoms with van der Waals surface area (Å²) in [4.78, 5) is 75.7. The number of nitrogens with two attached hydrogens (primary N) is 1. The maximum Gasteiger partial charge on any atom is 0.264 e. The number of unbranched alkanes of at least 4 members (excludes halogenated alkanes) is 8. The molecule has 15 heteroatoms. The van der Waals surface area contributed by atoms with Gasteiger partial charge in [0.05, 0.1) is 22.6 Å². The van der Waals surface area contributed by atoms with Gasteiger partial charge in [0.1, 0.15) is 35.4 Å². The Morgan fingerprint density at radius 1 is 0.806 bits per heavy atom. The van der Waals surface area contributed by atoms with Crippen molar-refractivity contribution in [3.8, 4) is 22.8 Å². The zero-order chi connectivity index (χ0) is 43.0. The van der Waals surface area contributed by atoms with Gasteiger partial charge in [-0.15, -0.1) is 0 Å². The van der Waals surface area contributed by atoms with Crippen LogP contribution < -0.4 is 21.1 Å². The highest BCUT2D eigenvalue weighted by molar-refractivity contribution is 6.25. The van der Waals surface area contributed by atoms with Crippen molar-refractivity contribution in [3.63, 3.8) is 0 Å². The van der Waals surface area contributed by atoms with Crippen molar-refractivity contribution in [3.05, 3.63) is 90.3 Å². The number of likely N-dealkylation sites (tertiary alicyclic amines) is 1. The van der Waals surface area contributed by atoms with Crippen LogP contribution in [0.1, 0.15) is 117 Å². The Bertz CT molecular complexity index is 2440. The first kappa shape index (κ1) is 42.1. The predicted octanol–water partition coefficient (Wildman–Crippen LogP) is 7.45. The van der Waals surface area contributed by atoms with Gasteiger partial charge in [0.2, 0.25) is 17.7 Å². The number of hydrogen-bond acceptors (Lipinski definition) is 11. The molecule has 0 spiro atoms. The molecule has 4 N–H and O–H groups in total. The Kier molecular flexibility index (Phi) is 13.2. The molecular formula is C47H53N9O6. The highest BCUT2D eigenvalue weighted by atomic mass is 16.5. The van der Waals surface area contributed by atoms with Crippen molar-refractivity contribution in [1.29, 1.82) is 0 Å².